The zero-order valence-electron chi connectivity index (χ0n) is 11.9. The molecule has 1 heterocycles. The Morgan fingerprint density at radius 2 is 1.78 bits per heavy atom. The average molecular weight is 277 g/mol. The quantitative estimate of drug-likeness (QED) is 0.692. The first-order chi connectivity index (χ1) is 8.27. The Morgan fingerprint density at radius 3 is 2.33 bits per heavy atom. The lowest BCUT2D eigenvalue weighted by Gasteiger charge is -2.15. The van der Waals surface area contributed by atoms with Crippen LogP contribution in [0.4, 0.5) is 0 Å². The van der Waals surface area contributed by atoms with E-state index in [-0.39, 0.29) is 24.2 Å². The number of hydrogen-bond donors (Lipinski definition) is 1. The third-order valence-corrected chi connectivity index (χ3v) is 3.76. The maximum atomic E-state index is 11.7. The maximum Gasteiger partial charge on any atom is 0.223 e. The van der Waals surface area contributed by atoms with E-state index in [1.54, 1.807) is 0 Å². The summed E-state index contributed by atoms with van der Waals surface area (Å²) in [5.41, 5.74) is 0. The van der Waals surface area contributed by atoms with Crippen molar-refractivity contribution in [1.29, 1.82) is 0 Å². The molecule has 0 saturated carbocycles. The summed E-state index contributed by atoms with van der Waals surface area (Å²) in [4.78, 5) is 14.2. The largest absolute Gasteiger partial charge is 0.356 e. The van der Waals surface area contributed by atoms with Gasteiger partial charge in [0.15, 0.2) is 0 Å². The summed E-state index contributed by atoms with van der Waals surface area (Å²) in [5.74, 6) is 0.463. The van der Waals surface area contributed by atoms with E-state index in [1.807, 2.05) is 0 Å². The molecule has 4 heteroatoms. The van der Waals surface area contributed by atoms with Crippen LogP contribution in [0, 0.1) is 5.92 Å². The topological polar surface area (TPSA) is 32.3 Å². The Hall–Kier alpha value is -0.280. The molecule has 0 unspecified atom stereocenters. The van der Waals surface area contributed by atoms with E-state index in [4.69, 9.17) is 0 Å². The molecule has 1 aliphatic heterocycles. The average Bonchev–Trinajstić information content (AvgIpc) is 2.83. The minimum Gasteiger partial charge on any atom is -0.356 e. The summed E-state index contributed by atoms with van der Waals surface area (Å²) < 4.78 is 0. The van der Waals surface area contributed by atoms with Gasteiger partial charge in [-0.15, -0.1) is 12.4 Å². The van der Waals surface area contributed by atoms with Crippen molar-refractivity contribution in [3.05, 3.63) is 0 Å². The molecule has 1 rings (SSSR count). The first-order valence-corrected chi connectivity index (χ1v) is 7.28. The number of nitrogens with one attached hydrogen (secondary N) is 1. The van der Waals surface area contributed by atoms with Gasteiger partial charge < -0.3 is 10.2 Å². The van der Waals surface area contributed by atoms with E-state index < -0.39 is 0 Å². The third-order valence-electron chi connectivity index (χ3n) is 3.76. The van der Waals surface area contributed by atoms with Crippen LogP contribution in [-0.4, -0.2) is 37.0 Å². The highest BCUT2D eigenvalue weighted by Crippen LogP contribution is 2.09. The Morgan fingerprint density at radius 1 is 1.17 bits per heavy atom. The van der Waals surface area contributed by atoms with E-state index in [0.29, 0.717) is 0 Å². The smallest absolute Gasteiger partial charge is 0.223 e. The first kappa shape index (κ1) is 17.7. The monoisotopic (exact) mass is 276 g/mol. The maximum absolute atomic E-state index is 11.7. The van der Waals surface area contributed by atoms with Crippen LogP contribution in [0.15, 0.2) is 0 Å². The Balaban J connectivity index is 0.00000289. The van der Waals surface area contributed by atoms with Gasteiger partial charge in [-0.2, -0.15) is 0 Å². The Kier molecular flexibility index (Phi) is 10.5. The molecule has 0 aromatic rings. The number of rotatable bonds is 8. The third kappa shape index (κ3) is 6.60. The van der Waals surface area contributed by atoms with Gasteiger partial charge in [0.2, 0.25) is 5.91 Å². The molecule has 0 spiro atoms. The van der Waals surface area contributed by atoms with Gasteiger partial charge in [-0.05, 0) is 58.2 Å². The predicted octanol–water partition coefficient (Wildman–Crippen LogP) is 2.84. The number of likely N-dealkylation sites (tertiary alicyclic amines) is 1. The van der Waals surface area contributed by atoms with E-state index in [0.717, 1.165) is 25.8 Å². The zero-order chi connectivity index (χ0) is 12.5. The van der Waals surface area contributed by atoms with Crippen LogP contribution in [-0.2, 0) is 4.79 Å². The summed E-state index contributed by atoms with van der Waals surface area (Å²) in [6.45, 7) is 8.78. The number of halogens is 1. The molecule has 0 aromatic carbocycles. The Labute approximate surface area is 118 Å². The summed E-state index contributed by atoms with van der Waals surface area (Å²) >= 11 is 0. The van der Waals surface area contributed by atoms with Crippen LogP contribution in [0.5, 0.6) is 0 Å². The van der Waals surface area contributed by atoms with Crippen LogP contribution in [0.1, 0.15) is 52.4 Å². The van der Waals surface area contributed by atoms with Crippen molar-refractivity contribution in [1.82, 2.24) is 10.2 Å². The van der Waals surface area contributed by atoms with Crippen molar-refractivity contribution in [2.45, 2.75) is 52.4 Å². The van der Waals surface area contributed by atoms with Crippen LogP contribution in [0.3, 0.4) is 0 Å². The SMILES string of the molecule is CCC(CC)C(=O)NCCCCN1CCCC1.Cl. The van der Waals surface area contributed by atoms with Crippen LogP contribution in [0.25, 0.3) is 0 Å². The van der Waals surface area contributed by atoms with Crippen molar-refractivity contribution in [3.63, 3.8) is 0 Å². The molecular weight excluding hydrogens is 248 g/mol. The highest BCUT2D eigenvalue weighted by atomic mass is 35.5. The van der Waals surface area contributed by atoms with Gasteiger partial charge in [-0.25, -0.2) is 0 Å². The molecule has 18 heavy (non-hydrogen) atoms. The van der Waals surface area contributed by atoms with Crippen LogP contribution in [0.2, 0.25) is 0 Å². The number of hydrogen-bond acceptors (Lipinski definition) is 2. The van der Waals surface area contributed by atoms with Gasteiger partial charge in [0.05, 0.1) is 0 Å². The second kappa shape index (κ2) is 10.6. The van der Waals surface area contributed by atoms with Crippen molar-refractivity contribution < 1.29 is 4.79 Å². The van der Waals surface area contributed by atoms with Gasteiger partial charge in [0.1, 0.15) is 0 Å². The van der Waals surface area contributed by atoms with E-state index in [2.05, 4.69) is 24.1 Å². The molecule has 3 nitrogen and oxygen atoms in total. The summed E-state index contributed by atoms with van der Waals surface area (Å²) in [6.07, 6.45) is 6.97. The number of nitrogens with zero attached hydrogens (tertiary/aromatic N) is 1. The van der Waals surface area contributed by atoms with Crippen molar-refractivity contribution in [3.8, 4) is 0 Å². The minimum absolute atomic E-state index is 0. The zero-order valence-corrected chi connectivity index (χ0v) is 12.7. The van der Waals surface area contributed by atoms with Gasteiger partial charge in [0, 0.05) is 12.5 Å². The van der Waals surface area contributed by atoms with Crippen molar-refractivity contribution >= 4 is 18.3 Å². The summed E-state index contributed by atoms with van der Waals surface area (Å²) in [5, 5.41) is 3.05. The molecule has 0 aliphatic carbocycles. The number of carbonyl (C=O) groups is 1. The molecule has 1 N–H and O–H groups in total. The van der Waals surface area contributed by atoms with Crippen LogP contribution < -0.4 is 5.32 Å². The van der Waals surface area contributed by atoms with Gasteiger partial charge >= 0.3 is 0 Å². The molecule has 0 aromatic heterocycles. The molecule has 0 atom stereocenters. The van der Waals surface area contributed by atoms with Gasteiger partial charge in [-0.1, -0.05) is 13.8 Å². The lowest BCUT2D eigenvalue weighted by atomic mass is 10.0. The molecule has 0 bridgehead atoms. The standard InChI is InChI=1S/C14H28N2O.ClH/c1-3-13(4-2)14(17)15-9-5-6-10-16-11-7-8-12-16;/h13H,3-12H2,1-2H3,(H,15,17);1H. The molecule has 108 valence electrons. The predicted molar refractivity (Wildman–Crippen MR) is 79.2 cm³/mol. The fourth-order valence-electron chi connectivity index (χ4n) is 2.48. The summed E-state index contributed by atoms with van der Waals surface area (Å²) in [7, 11) is 0. The molecule has 1 amide bonds. The highest BCUT2D eigenvalue weighted by molar-refractivity contribution is 5.85. The minimum atomic E-state index is 0. The number of amides is 1. The molecule has 1 fully saturated rings. The lowest BCUT2D eigenvalue weighted by molar-refractivity contribution is -0.125. The molecule has 1 aliphatic rings. The fourth-order valence-corrected chi connectivity index (χ4v) is 2.48. The normalized spacial score (nSPS) is 15.7. The van der Waals surface area contributed by atoms with E-state index in [1.165, 1.54) is 38.9 Å². The lowest BCUT2D eigenvalue weighted by Crippen LogP contribution is -2.31. The van der Waals surface area contributed by atoms with Crippen molar-refractivity contribution in [2.24, 2.45) is 5.92 Å². The molecular formula is C14H29ClN2O. The van der Waals surface area contributed by atoms with Gasteiger partial charge in [0.25, 0.3) is 0 Å². The van der Waals surface area contributed by atoms with Gasteiger partial charge in [-0.3, -0.25) is 4.79 Å². The molecule has 1 saturated heterocycles. The number of carbonyl (C=O) groups excluding carboxylic acids is 1. The van der Waals surface area contributed by atoms with E-state index in [9.17, 15) is 4.79 Å². The second-order valence-electron chi connectivity index (χ2n) is 5.06. The first-order valence-electron chi connectivity index (χ1n) is 7.28. The van der Waals surface area contributed by atoms with E-state index >= 15 is 0 Å². The fraction of sp³-hybridized carbons (Fsp3) is 0.929. The number of unbranched alkanes of at least 4 members (excludes halogenated alkanes) is 1. The summed E-state index contributed by atoms with van der Waals surface area (Å²) in [6, 6.07) is 0. The van der Waals surface area contributed by atoms with Crippen molar-refractivity contribution in [2.75, 3.05) is 26.2 Å². The second-order valence-corrected chi connectivity index (χ2v) is 5.06. The molecule has 0 radical (unpaired) electrons. The van der Waals surface area contributed by atoms with Crippen LogP contribution >= 0.6 is 12.4 Å². The highest BCUT2D eigenvalue weighted by Gasteiger charge is 2.13. The Bertz CT molecular complexity index is 214.